The monoisotopic (exact) mass is 510 g/mol. The molecule has 0 aromatic heterocycles. The van der Waals surface area contributed by atoms with Gasteiger partial charge in [0.1, 0.15) is 6.61 Å². The van der Waals surface area contributed by atoms with Crippen molar-refractivity contribution < 1.29 is 9.53 Å². The number of nitrogens with one attached hydrogen (secondary N) is 1. The first-order chi connectivity index (χ1) is 13.9. The third kappa shape index (κ3) is 6.21. The van der Waals surface area contributed by atoms with Gasteiger partial charge in [0.15, 0.2) is 5.75 Å². The van der Waals surface area contributed by atoms with E-state index in [2.05, 4.69) is 26.5 Å². The second kappa shape index (κ2) is 10.1. The molecule has 3 rings (SSSR count). The number of halogens is 4. The van der Waals surface area contributed by atoms with Crippen molar-refractivity contribution in [2.75, 3.05) is 0 Å². The molecule has 148 valence electrons. The van der Waals surface area contributed by atoms with Gasteiger partial charge in [-0.2, -0.15) is 5.10 Å². The molecule has 4 nitrogen and oxygen atoms in total. The summed E-state index contributed by atoms with van der Waals surface area (Å²) >= 11 is 21.8. The predicted molar refractivity (Wildman–Crippen MR) is 121 cm³/mol. The second-order valence-corrected chi connectivity index (χ2v) is 8.10. The molecule has 0 saturated carbocycles. The Morgan fingerprint density at radius 2 is 1.62 bits per heavy atom. The van der Waals surface area contributed by atoms with Crippen molar-refractivity contribution in [1.29, 1.82) is 0 Å². The Labute approximate surface area is 191 Å². The van der Waals surface area contributed by atoms with Crippen LogP contribution in [0.2, 0.25) is 15.1 Å². The summed E-state index contributed by atoms with van der Waals surface area (Å²) in [5, 5.41) is 5.18. The van der Waals surface area contributed by atoms with Crippen LogP contribution in [-0.2, 0) is 6.61 Å². The predicted octanol–water partition coefficient (Wildman–Crippen LogP) is 6.75. The lowest BCUT2D eigenvalue weighted by molar-refractivity contribution is 0.0955. The standard InChI is InChI=1S/C21H14BrCl3N2O2/c22-16-5-1-13(2-6-16)12-29-20-18(24)9-14(10-19(20)25)11-26-27-21(28)15-3-7-17(23)8-4-15/h1-11H,12H2,(H,27,28)/b26-11-. The van der Waals surface area contributed by atoms with Crippen LogP contribution in [0.15, 0.2) is 70.2 Å². The molecule has 0 spiro atoms. The maximum absolute atomic E-state index is 12.0. The third-order valence-electron chi connectivity index (χ3n) is 3.80. The van der Waals surface area contributed by atoms with E-state index in [0.29, 0.717) is 38.6 Å². The maximum Gasteiger partial charge on any atom is 0.271 e. The number of carbonyl (C=O) groups excluding carboxylic acids is 1. The van der Waals surface area contributed by atoms with E-state index in [1.54, 1.807) is 36.4 Å². The highest BCUT2D eigenvalue weighted by Gasteiger charge is 2.10. The minimum Gasteiger partial charge on any atom is -0.486 e. The third-order valence-corrected chi connectivity index (χ3v) is 5.15. The number of hydrazone groups is 1. The Morgan fingerprint density at radius 1 is 1.00 bits per heavy atom. The number of hydrogen-bond acceptors (Lipinski definition) is 3. The smallest absolute Gasteiger partial charge is 0.271 e. The van der Waals surface area contributed by atoms with Crippen molar-refractivity contribution in [3.63, 3.8) is 0 Å². The first-order valence-electron chi connectivity index (χ1n) is 8.37. The van der Waals surface area contributed by atoms with Crippen LogP contribution < -0.4 is 10.2 Å². The fraction of sp³-hybridized carbons (Fsp3) is 0.0476. The van der Waals surface area contributed by atoms with E-state index >= 15 is 0 Å². The lowest BCUT2D eigenvalue weighted by atomic mass is 10.2. The largest absolute Gasteiger partial charge is 0.486 e. The van der Waals surface area contributed by atoms with Gasteiger partial charge in [-0.1, -0.05) is 62.9 Å². The Hall–Kier alpha value is -2.05. The zero-order valence-corrected chi connectivity index (χ0v) is 18.7. The molecule has 0 bridgehead atoms. The molecule has 0 unspecified atom stereocenters. The van der Waals surface area contributed by atoms with Gasteiger partial charge >= 0.3 is 0 Å². The molecule has 8 heteroatoms. The molecule has 0 heterocycles. The quantitative estimate of drug-likeness (QED) is 0.293. The normalized spacial score (nSPS) is 10.9. The van der Waals surface area contributed by atoms with Crippen LogP contribution in [0.5, 0.6) is 5.75 Å². The number of nitrogens with zero attached hydrogens (tertiary/aromatic N) is 1. The minimum atomic E-state index is -0.357. The topological polar surface area (TPSA) is 50.7 Å². The van der Waals surface area contributed by atoms with Gasteiger partial charge in [-0.3, -0.25) is 4.79 Å². The van der Waals surface area contributed by atoms with E-state index < -0.39 is 0 Å². The van der Waals surface area contributed by atoms with Crippen molar-refractivity contribution >= 4 is 62.9 Å². The molecular formula is C21H14BrCl3N2O2. The Kier molecular flexibility index (Phi) is 7.56. The summed E-state index contributed by atoms with van der Waals surface area (Å²) in [7, 11) is 0. The van der Waals surface area contributed by atoms with Crippen LogP contribution in [0, 0.1) is 0 Å². The highest BCUT2D eigenvalue weighted by molar-refractivity contribution is 9.10. The highest BCUT2D eigenvalue weighted by atomic mass is 79.9. The molecular weight excluding hydrogens is 499 g/mol. The average Bonchev–Trinajstić information content (AvgIpc) is 2.69. The summed E-state index contributed by atoms with van der Waals surface area (Å²) in [6.45, 7) is 0.331. The van der Waals surface area contributed by atoms with Gasteiger partial charge in [0.25, 0.3) is 5.91 Å². The van der Waals surface area contributed by atoms with Gasteiger partial charge in [-0.25, -0.2) is 5.43 Å². The molecule has 1 N–H and O–H groups in total. The van der Waals surface area contributed by atoms with Gasteiger partial charge in [0, 0.05) is 15.1 Å². The van der Waals surface area contributed by atoms with E-state index in [1.165, 1.54) is 6.21 Å². The first-order valence-corrected chi connectivity index (χ1v) is 10.3. The van der Waals surface area contributed by atoms with Crippen molar-refractivity contribution in [2.24, 2.45) is 5.10 Å². The number of carbonyl (C=O) groups is 1. The molecule has 0 aliphatic carbocycles. The molecule has 0 atom stereocenters. The number of hydrogen-bond donors (Lipinski definition) is 1. The maximum atomic E-state index is 12.0. The van der Waals surface area contributed by atoms with E-state index in [1.807, 2.05) is 24.3 Å². The molecule has 0 aliphatic heterocycles. The summed E-state index contributed by atoms with van der Waals surface area (Å²) < 4.78 is 6.74. The van der Waals surface area contributed by atoms with E-state index in [-0.39, 0.29) is 5.91 Å². The van der Waals surface area contributed by atoms with Crippen molar-refractivity contribution in [1.82, 2.24) is 5.43 Å². The number of amides is 1. The Balaban J connectivity index is 1.63. The highest BCUT2D eigenvalue weighted by Crippen LogP contribution is 2.34. The second-order valence-electron chi connectivity index (χ2n) is 5.93. The zero-order chi connectivity index (χ0) is 20.8. The van der Waals surface area contributed by atoms with Crippen LogP contribution in [0.4, 0.5) is 0 Å². The Morgan fingerprint density at radius 3 is 2.24 bits per heavy atom. The van der Waals surface area contributed by atoms with Crippen LogP contribution in [-0.4, -0.2) is 12.1 Å². The zero-order valence-electron chi connectivity index (χ0n) is 14.8. The summed E-state index contributed by atoms with van der Waals surface area (Å²) in [5.74, 6) is 0.0307. The number of ether oxygens (including phenoxy) is 1. The molecule has 29 heavy (non-hydrogen) atoms. The first kappa shape index (κ1) is 21.7. The van der Waals surface area contributed by atoms with Crippen molar-refractivity contribution in [3.8, 4) is 5.75 Å². The van der Waals surface area contributed by atoms with Gasteiger partial charge in [-0.05, 0) is 59.7 Å². The molecule has 0 fully saturated rings. The molecule has 0 aliphatic rings. The molecule has 0 saturated heterocycles. The summed E-state index contributed by atoms with van der Waals surface area (Å²) in [4.78, 5) is 12.0. The van der Waals surface area contributed by atoms with Crippen LogP contribution in [0.1, 0.15) is 21.5 Å². The molecule has 3 aromatic carbocycles. The lowest BCUT2D eigenvalue weighted by Crippen LogP contribution is -2.17. The van der Waals surface area contributed by atoms with Gasteiger partial charge in [-0.15, -0.1) is 0 Å². The SMILES string of the molecule is O=C(N/N=C\c1cc(Cl)c(OCc2ccc(Br)cc2)c(Cl)c1)c1ccc(Cl)cc1. The Bertz CT molecular complexity index is 1020. The molecule has 3 aromatic rings. The van der Waals surface area contributed by atoms with E-state index in [0.717, 1.165) is 10.0 Å². The molecule has 1 amide bonds. The van der Waals surface area contributed by atoms with E-state index in [9.17, 15) is 4.79 Å². The fourth-order valence-electron chi connectivity index (χ4n) is 2.36. The fourth-order valence-corrected chi connectivity index (χ4v) is 3.36. The van der Waals surface area contributed by atoms with E-state index in [4.69, 9.17) is 39.5 Å². The summed E-state index contributed by atoms with van der Waals surface area (Å²) in [6.07, 6.45) is 1.45. The van der Waals surface area contributed by atoms with Crippen molar-refractivity contribution in [2.45, 2.75) is 6.61 Å². The minimum absolute atomic E-state index is 0.331. The molecule has 0 radical (unpaired) electrons. The van der Waals surface area contributed by atoms with Crippen LogP contribution in [0.3, 0.4) is 0 Å². The lowest BCUT2D eigenvalue weighted by Gasteiger charge is -2.11. The van der Waals surface area contributed by atoms with Gasteiger partial charge in [0.05, 0.1) is 16.3 Å². The van der Waals surface area contributed by atoms with Gasteiger partial charge < -0.3 is 4.74 Å². The number of rotatable bonds is 6. The van der Waals surface area contributed by atoms with Crippen LogP contribution >= 0.6 is 50.7 Å². The average molecular weight is 513 g/mol. The summed E-state index contributed by atoms with van der Waals surface area (Å²) in [6, 6.07) is 17.5. The summed E-state index contributed by atoms with van der Waals surface area (Å²) in [5.41, 5.74) is 4.48. The van der Waals surface area contributed by atoms with Crippen LogP contribution in [0.25, 0.3) is 0 Å². The van der Waals surface area contributed by atoms with Gasteiger partial charge in [0.2, 0.25) is 0 Å². The van der Waals surface area contributed by atoms with Crippen molar-refractivity contribution in [3.05, 3.63) is 96.9 Å². The number of benzene rings is 3.